The monoisotopic (exact) mass is 293 g/mol. The van der Waals surface area contributed by atoms with Crippen LogP contribution in [0.3, 0.4) is 0 Å². The quantitative estimate of drug-likeness (QED) is 0.507. The molecule has 5 heteroatoms. The summed E-state index contributed by atoms with van der Waals surface area (Å²) < 4.78 is 30.4. The van der Waals surface area contributed by atoms with Crippen molar-refractivity contribution in [1.82, 2.24) is 4.98 Å². The first kappa shape index (κ1) is 10.2. The molecule has 0 atom stereocenters. The zero-order valence-electron chi connectivity index (χ0n) is 15.4. The number of hydrogen-bond donors (Lipinski definition) is 0. The zero-order chi connectivity index (χ0) is 17.8. The van der Waals surface area contributed by atoms with E-state index in [4.69, 9.17) is 8.53 Å². The first-order valence-electron chi connectivity index (χ1n) is 8.65. The van der Waals surface area contributed by atoms with E-state index < -0.39 is 6.85 Å². The van der Waals surface area contributed by atoms with Crippen molar-refractivity contribution in [3.63, 3.8) is 0 Å². The second-order valence-electron chi connectivity index (χ2n) is 5.54. The Bertz CT molecular complexity index is 996. The van der Waals surface area contributed by atoms with Crippen molar-refractivity contribution in [3.8, 4) is 0 Å². The van der Waals surface area contributed by atoms with E-state index in [1.807, 2.05) is 42.9 Å². The molecular weight excluding hydrogens is 273 g/mol. The molecule has 0 radical (unpaired) electrons. The number of anilines is 1. The smallest absolute Gasteiger partial charge is 0.396 e. The summed E-state index contributed by atoms with van der Waals surface area (Å²) in [4.78, 5) is 6.41. The number of fused-ring (bicyclic) bond motifs is 3. The molecule has 108 valence electrons. The molecule has 0 saturated heterocycles. The Balaban J connectivity index is 1.78. The van der Waals surface area contributed by atoms with Crippen LogP contribution in [0.4, 0.5) is 5.69 Å². The van der Waals surface area contributed by atoms with Crippen molar-refractivity contribution in [1.29, 1.82) is 0 Å². The first-order valence-corrected chi connectivity index (χ1v) is 7.15. The van der Waals surface area contributed by atoms with Crippen LogP contribution in [0.1, 0.15) is 15.4 Å². The van der Waals surface area contributed by atoms with E-state index in [1.54, 1.807) is 18.5 Å². The normalized spacial score (nSPS) is 16.4. The fraction of sp³-hybridized carbons (Fsp3) is 0.176. The van der Waals surface area contributed by atoms with Crippen LogP contribution in [-0.2, 0) is 7.05 Å². The van der Waals surface area contributed by atoms with Gasteiger partial charge in [-0.05, 0) is 44.2 Å². The Morgan fingerprint density at radius 3 is 3.09 bits per heavy atom. The van der Waals surface area contributed by atoms with Gasteiger partial charge in [0.05, 0.1) is 11.1 Å². The summed E-state index contributed by atoms with van der Waals surface area (Å²) in [6.07, 6.45) is 5.35. The maximum Gasteiger partial charge on any atom is 0.396 e. The molecule has 4 rings (SSSR count). The summed E-state index contributed by atoms with van der Waals surface area (Å²) in [7, 11) is 3.88. The van der Waals surface area contributed by atoms with Crippen LogP contribution in [0.25, 0.3) is 17.2 Å². The summed E-state index contributed by atoms with van der Waals surface area (Å²) in [5.74, 6) is 2.84. The molecule has 0 N–H and O–H groups in total. The number of pyridine rings is 2. The lowest BCUT2D eigenvalue weighted by Crippen LogP contribution is -2.60. The van der Waals surface area contributed by atoms with E-state index in [0.717, 1.165) is 22.4 Å². The Labute approximate surface area is 134 Å². The number of hydrogen-bond acceptors (Lipinski definition) is 3. The van der Waals surface area contributed by atoms with Gasteiger partial charge in [-0.25, -0.2) is 9.55 Å². The summed E-state index contributed by atoms with van der Waals surface area (Å²) in [5.41, 5.74) is 2.94. The third-order valence-electron chi connectivity index (χ3n) is 4.14. The van der Waals surface area contributed by atoms with Crippen molar-refractivity contribution in [2.24, 2.45) is 7.05 Å². The number of rotatable bonds is 1. The van der Waals surface area contributed by atoms with Gasteiger partial charge in [-0.2, -0.15) is 0 Å². The Morgan fingerprint density at radius 1 is 1.36 bits per heavy atom. The van der Waals surface area contributed by atoms with E-state index in [0.29, 0.717) is 11.3 Å². The van der Waals surface area contributed by atoms with Gasteiger partial charge in [0, 0.05) is 15.9 Å². The van der Waals surface area contributed by atoms with Crippen LogP contribution in [0.2, 0.25) is 0 Å². The van der Waals surface area contributed by atoms with Gasteiger partial charge in [0.25, 0.3) is 0 Å². The molecule has 0 aliphatic carbocycles. The second kappa shape index (κ2) is 4.73. The van der Waals surface area contributed by atoms with Gasteiger partial charge in [-0.1, -0.05) is 5.98 Å². The van der Waals surface area contributed by atoms with Gasteiger partial charge < -0.3 is 9.23 Å². The van der Waals surface area contributed by atoms with Gasteiger partial charge in [0.1, 0.15) is 7.05 Å². The minimum Gasteiger partial charge on any atom is -0.436 e. The summed E-state index contributed by atoms with van der Waals surface area (Å²) in [6, 6.07) is 7.44. The van der Waals surface area contributed by atoms with Crippen LogP contribution in [0.5, 0.6) is 0 Å². The average Bonchev–Trinajstić information content (AvgIpc) is 2.94. The molecule has 4 nitrogen and oxygen atoms in total. The summed E-state index contributed by atoms with van der Waals surface area (Å²) in [5, 5.41) is 0.969. The highest BCUT2D eigenvalue weighted by Crippen LogP contribution is 2.35. The SMILES string of the molecule is [2H]C([2H])([2H])c1ccc(B2C=Cc3oc4ncccc4c3N2C)[n+](C)c1. The fourth-order valence-corrected chi connectivity index (χ4v) is 3.08. The maximum atomic E-state index is 7.57. The fourth-order valence-electron chi connectivity index (χ4n) is 3.08. The molecule has 0 fully saturated rings. The lowest BCUT2D eigenvalue weighted by atomic mass is 9.55. The van der Waals surface area contributed by atoms with Gasteiger partial charge in [-0.3, -0.25) is 0 Å². The van der Waals surface area contributed by atoms with E-state index >= 15 is 0 Å². The molecule has 4 heterocycles. The van der Waals surface area contributed by atoms with Crippen molar-refractivity contribution in [3.05, 3.63) is 54.0 Å². The Hall–Kier alpha value is -2.56. The van der Waals surface area contributed by atoms with Crippen molar-refractivity contribution in [2.45, 2.75) is 6.85 Å². The minimum atomic E-state index is -2.11. The molecule has 3 aromatic rings. The van der Waals surface area contributed by atoms with Gasteiger partial charge >= 0.3 is 6.85 Å². The lowest BCUT2D eigenvalue weighted by molar-refractivity contribution is -0.654. The van der Waals surface area contributed by atoms with Crippen LogP contribution in [-0.4, -0.2) is 18.9 Å². The predicted octanol–water partition coefficient (Wildman–Crippen LogP) is 1.86. The molecule has 0 spiro atoms. The lowest BCUT2D eigenvalue weighted by Gasteiger charge is -2.25. The molecular formula is C17H17BN3O+. The third kappa shape index (κ3) is 1.85. The van der Waals surface area contributed by atoms with Gasteiger partial charge in [0.15, 0.2) is 17.6 Å². The Morgan fingerprint density at radius 2 is 2.27 bits per heavy atom. The predicted molar refractivity (Wildman–Crippen MR) is 89.2 cm³/mol. The van der Waals surface area contributed by atoms with Crippen molar-refractivity contribution >= 4 is 35.3 Å². The largest absolute Gasteiger partial charge is 0.436 e. The number of nitrogens with zero attached hydrogens (tertiary/aromatic N) is 3. The van der Waals surface area contributed by atoms with Crippen LogP contribution >= 0.6 is 0 Å². The molecule has 3 aromatic heterocycles. The standard InChI is InChI=1S/C17H17BN3O/c1-12-6-7-15(20(2)11-12)18-9-8-14-16(21(18)3)13-5-4-10-19-17(13)22-14/h4-11H,1-3H3/q+1/i1D3. The molecule has 22 heavy (non-hydrogen) atoms. The van der Waals surface area contributed by atoms with E-state index in [1.165, 1.54) is 0 Å². The highest BCUT2D eigenvalue weighted by molar-refractivity contribution is 6.81. The molecule has 0 unspecified atom stereocenters. The average molecular weight is 293 g/mol. The second-order valence-corrected chi connectivity index (χ2v) is 5.54. The number of aromatic nitrogens is 2. The highest BCUT2D eigenvalue weighted by atomic mass is 16.3. The maximum absolute atomic E-state index is 7.57. The Kier molecular flexibility index (Phi) is 2.20. The first-order chi connectivity index (χ1) is 11.9. The zero-order valence-corrected chi connectivity index (χ0v) is 12.4. The van der Waals surface area contributed by atoms with Crippen LogP contribution < -0.4 is 15.0 Å². The molecule has 0 bridgehead atoms. The van der Waals surface area contributed by atoms with Crippen LogP contribution in [0.15, 0.2) is 47.1 Å². The van der Waals surface area contributed by atoms with Crippen molar-refractivity contribution in [2.75, 3.05) is 11.9 Å². The number of aryl methyl sites for hydroxylation is 2. The van der Waals surface area contributed by atoms with Crippen molar-refractivity contribution < 1.29 is 13.1 Å². The van der Waals surface area contributed by atoms with Gasteiger partial charge in [0.2, 0.25) is 5.71 Å². The third-order valence-corrected chi connectivity index (χ3v) is 4.14. The van der Waals surface area contributed by atoms with Crippen LogP contribution in [0, 0.1) is 6.85 Å². The van der Waals surface area contributed by atoms with E-state index in [9.17, 15) is 0 Å². The topological polar surface area (TPSA) is 33.2 Å². The summed E-state index contributed by atoms with van der Waals surface area (Å²) in [6.45, 7) is -2.13. The molecule has 1 aliphatic heterocycles. The van der Waals surface area contributed by atoms with E-state index in [-0.39, 0.29) is 6.85 Å². The van der Waals surface area contributed by atoms with E-state index in [2.05, 4.69) is 15.8 Å². The highest BCUT2D eigenvalue weighted by Gasteiger charge is 2.34. The minimum absolute atomic E-state index is 0.0239. The summed E-state index contributed by atoms with van der Waals surface area (Å²) >= 11 is 0. The molecule has 0 amide bonds. The number of furan rings is 1. The molecule has 1 aliphatic rings. The molecule has 0 aromatic carbocycles. The van der Waals surface area contributed by atoms with Gasteiger partial charge in [-0.15, -0.1) is 0 Å². The molecule has 0 saturated carbocycles.